The molecule has 0 aliphatic heterocycles. The highest BCUT2D eigenvalue weighted by Gasteiger charge is 2.47. The van der Waals surface area contributed by atoms with Crippen LogP contribution in [0.25, 0.3) is 17.2 Å². The molecule has 0 amide bonds. The first-order valence-corrected chi connectivity index (χ1v) is 13.6. The topological polar surface area (TPSA) is 0 Å². The van der Waals surface area contributed by atoms with E-state index in [1.807, 2.05) is 0 Å². The number of hydrogen-bond donors (Lipinski definition) is 0. The largest absolute Gasteiger partial charge is 0.0717 e. The molecule has 0 bridgehead atoms. The molecule has 0 nitrogen and oxygen atoms in total. The van der Waals surface area contributed by atoms with Crippen LogP contribution in [0.15, 0.2) is 76.4 Å². The van der Waals surface area contributed by atoms with Gasteiger partial charge in [-0.2, -0.15) is 0 Å². The van der Waals surface area contributed by atoms with Crippen LogP contribution in [-0.2, 0) is 0 Å². The predicted octanol–water partition coefficient (Wildman–Crippen LogP) is 8.16. The van der Waals surface area contributed by atoms with Gasteiger partial charge in [-0.15, -0.1) is 0 Å². The fourth-order valence-electron chi connectivity index (χ4n) is 6.04. The molecule has 0 fully saturated rings. The smallest absolute Gasteiger partial charge is 0.0679 e. The maximum atomic E-state index is 2.61. The Morgan fingerprint density at radius 1 is 0.679 bits per heavy atom. The molecule has 1 atom stereocenters. The average Bonchev–Trinajstić information content (AvgIpc) is 3.12. The van der Waals surface area contributed by atoms with Gasteiger partial charge in [-0.25, -0.2) is 0 Å². The summed E-state index contributed by atoms with van der Waals surface area (Å²) in [7, 11) is -1.67. The zero-order chi connectivity index (χ0) is 20.2. The Balaban J connectivity index is 1.84. The lowest BCUT2D eigenvalue weighted by Crippen LogP contribution is -2.41. The minimum atomic E-state index is -1.67. The van der Waals surface area contributed by atoms with Gasteiger partial charge in [-0.3, -0.25) is 0 Å². The van der Waals surface area contributed by atoms with Gasteiger partial charge in [-0.1, -0.05) is 84.4 Å². The van der Waals surface area contributed by atoms with E-state index in [4.69, 9.17) is 0 Å². The molecule has 144 valence electrons. The molecule has 1 unspecified atom stereocenters. The van der Waals surface area contributed by atoms with Gasteiger partial charge >= 0.3 is 0 Å². The van der Waals surface area contributed by atoms with Crippen LogP contribution in [0.2, 0.25) is 18.6 Å². The SMILES string of the molecule is CC1=Cc2c(-c3ccccc3)cccc2C1[Si](C)(C)C1C(C)=C(C)C(C)=C1C. The highest BCUT2D eigenvalue weighted by atomic mass is 28.3. The van der Waals surface area contributed by atoms with Crippen LogP contribution in [0.4, 0.5) is 0 Å². The van der Waals surface area contributed by atoms with E-state index in [2.05, 4.69) is 102 Å². The lowest BCUT2D eigenvalue weighted by Gasteiger charge is -2.39. The summed E-state index contributed by atoms with van der Waals surface area (Å²) in [6.45, 7) is 17.0. The summed E-state index contributed by atoms with van der Waals surface area (Å²) in [5.41, 5.74) is 14.8. The predicted molar refractivity (Wildman–Crippen MR) is 126 cm³/mol. The Kier molecular flexibility index (Phi) is 4.62. The minimum Gasteiger partial charge on any atom is -0.0679 e. The monoisotopic (exact) mass is 384 g/mol. The van der Waals surface area contributed by atoms with Gasteiger partial charge in [0, 0.05) is 5.54 Å². The molecule has 0 saturated carbocycles. The summed E-state index contributed by atoms with van der Waals surface area (Å²) >= 11 is 0. The molecule has 0 N–H and O–H groups in total. The number of allylic oxidation sites excluding steroid dienone is 5. The van der Waals surface area contributed by atoms with Crippen molar-refractivity contribution in [3.8, 4) is 11.1 Å². The third kappa shape index (κ3) is 2.71. The molecule has 0 heterocycles. The van der Waals surface area contributed by atoms with E-state index in [1.54, 1.807) is 22.3 Å². The van der Waals surface area contributed by atoms with Gasteiger partial charge in [0.25, 0.3) is 0 Å². The van der Waals surface area contributed by atoms with Crippen molar-refractivity contribution in [3.63, 3.8) is 0 Å². The molecule has 2 aromatic rings. The molecule has 2 aromatic carbocycles. The first kappa shape index (κ1) is 19.2. The van der Waals surface area contributed by atoms with Crippen LogP contribution in [0.3, 0.4) is 0 Å². The molecule has 28 heavy (non-hydrogen) atoms. The normalized spacial score (nSPS) is 20.1. The molecule has 1 heteroatoms. The maximum absolute atomic E-state index is 2.61. The first-order valence-electron chi connectivity index (χ1n) is 10.5. The molecule has 0 radical (unpaired) electrons. The molecule has 0 saturated heterocycles. The third-order valence-electron chi connectivity index (χ3n) is 7.46. The Bertz CT molecular complexity index is 1010. The number of benzene rings is 2. The van der Waals surface area contributed by atoms with Crippen LogP contribution >= 0.6 is 0 Å². The lowest BCUT2D eigenvalue weighted by molar-refractivity contribution is 0.972. The van der Waals surface area contributed by atoms with Gasteiger partial charge in [0.05, 0.1) is 8.07 Å². The van der Waals surface area contributed by atoms with Crippen molar-refractivity contribution >= 4 is 14.1 Å². The van der Waals surface area contributed by atoms with Gasteiger partial charge in [-0.05, 0) is 73.6 Å². The summed E-state index contributed by atoms with van der Waals surface area (Å²) in [5, 5.41) is 0. The Morgan fingerprint density at radius 2 is 1.29 bits per heavy atom. The van der Waals surface area contributed by atoms with Gasteiger partial charge in [0.1, 0.15) is 0 Å². The summed E-state index contributed by atoms with van der Waals surface area (Å²) in [6, 6.07) is 17.8. The van der Waals surface area contributed by atoms with Crippen molar-refractivity contribution in [2.24, 2.45) is 0 Å². The maximum Gasteiger partial charge on any atom is 0.0717 e. The zero-order valence-electron chi connectivity index (χ0n) is 18.4. The van der Waals surface area contributed by atoms with E-state index >= 15 is 0 Å². The number of rotatable bonds is 3. The lowest BCUT2D eigenvalue weighted by atomic mass is 9.97. The molecular weight excluding hydrogens is 352 g/mol. The fourth-order valence-corrected chi connectivity index (χ4v) is 11.3. The molecule has 2 aliphatic rings. The van der Waals surface area contributed by atoms with Crippen molar-refractivity contribution in [1.29, 1.82) is 0 Å². The van der Waals surface area contributed by atoms with E-state index < -0.39 is 8.07 Å². The molecular formula is C27H32Si. The van der Waals surface area contributed by atoms with E-state index in [0.717, 1.165) is 0 Å². The van der Waals surface area contributed by atoms with Crippen molar-refractivity contribution in [1.82, 2.24) is 0 Å². The van der Waals surface area contributed by atoms with Crippen LogP contribution in [0.1, 0.15) is 51.3 Å². The van der Waals surface area contributed by atoms with E-state index in [-0.39, 0.29) is 0 Å². The first-order chi connectivity index (χ1) is 13.2. The molecule has 0 aromatic heterocycles. The summed E-state index contributed by atoms with van der Waals surface area (Å²) in [4.78, 5) is 0. The van der Waals surface area contributed by atoms with E-state index in [0.29, 0.717) is 11.1 Å². The zero-order valence-corrected chi connectivity index (χ0v) is 19.4. The van der Waals surface area contributed by atoms with E-state index in [1.165, 1.54) is 27.8 Å². The van der Waals surface area contributed by atoms with Crippen molar-refractivity contribution in [3.05, 3.63) is 87.5 Å². The van der Waals surface area contributed by atoms with Crippen molar-refractivity contribution in [2.45, 2.75) is 58.8 Å². The van der Waals surface area contributed by atoms with E-state index in [9.17, 15) is 0 Å². The highest BCUT2D eigenvalue weighted by Crippen LogP contribution is 2.55. The van der Waals surface area contributed by atoms with Gasteiger partial charge in [0.2, 0.25) is 0 Å². The number of fused-ring (bicyclic) bond motifs is 1. The second-order valence-corrected chi connectivity index (χ2v) is 14.2. The van der Waals surface area contributed by atoms with Crippen LogP contribution in [-0.4, -0.2) is 8.07 Å². The molecule has 4 rings (SSSR count). The summed E-state index contributed by atoms with van der Waals surface area (Å²) in [6.07, 6.45) is 2.48. The fraction of sp³-hybridized carbons (Fsp3) is 0.333. The average molecular weight is 385 g/mol. The molecule has 0 spiro atoms. The summed E-state index contributed by atoms with van der Waals surface area (Å²) < 4.78 is 0. The molecule has 2 aliphatic carbocycles. The third-order valence-corrected chi connectivity index (χ3v) is 12.1. The van der Waals surface area contributed by atoms with Gasteiger partial charge in [0.15, 0.2) is 0 Å². The Hall–Kier alpha value is -2.12. The van der Waals surface area contributed by atoms with Crippen LogP contribution < -0.4 is 0 Å². The van der Waals surface area contributed by atoms with Gasteiger partial charge < -0.3 is 0 Å². The Labute approximate surface area is 171 Å². The number of hydrogen-bond acceptors (Lipinski definition) is 0. The van der Waals surface area contributed by atoms with Crippen molar-refractivity contribution < 1.29 is 0 Å². The minimum absolute atomic E-state index is 0.583. The highest BCUT2D eigenvalue weighted by molar-refractivity contribution is 6.82. The van der Waals surface area contributed by atoms with Crippen LogP contribution in [0.5, 0.6) is 0 Å². The second-order valence-electron chi connectivity index (χ2n) is 9.37. The van der Waals surface area contributed by atoms with Crippen LogP contribution in [0, 0.1) is 0 Å². The van der Waals surface area contributed by atoms with Crippen molar-refractivity contribution in [2.75, 3.05) is 0 Å². The summed E-state index contributed by atoms with van der Waals surface area (Å²) in [5.74, 6) is 0. The Morgan fingerprint density at radius 3 is 1.89 bits per heavy atom. The quantitative estimate of drug-likeness (QED) is 0.468. The second kappa shape index (κ2) is 6.74. The standard InChI is InChI=1S/C27H32Si/c1-17-16-25-23(22-12-9-8-10-13-22)14-11-15-24(25)26(17)28(6,7)27-20(4)18(2)19(3)21(27)5/h8-16,26-27H,1-7H3.